The molecule has 100 valence electrons. The van der Waals surface area contributed by atoms with Crippen molar-refractivity contribution in [2.24, 2.45) is 11.8 Å². The van der Waals surface area contributed by atoms with Crippen LogP contribution in [0.15, 0.2) is 12.2 Å². The molecule has 0 heterocycles. The van der Waals surface area contributed by atoms with Gasteiger partial charge in [0.25, 0.3) is 0 Å². The molecule has 4 heteroatoms. The molecule has 3 N–H and O–H groups in total. The van der Waals surface area contributed by atoms with E-state index in [9.17, 15) is 5.11 Å². The van der Waals surface area contributed by atoms with Crippen molar-refractivity contribution in [2.45, 2.75) is 25.9 Å². The highest BCUT2D eigenvalue weighted by Crippen LogP contribution is 2.24. The van der Waals surface area contributed by atoms with Crippen LogP contribution in [0.5, 0.6) is 0 Å². The summed E-state index contributed by atoms with van der Waals surface area (Å²) >= 11 is 0. The number of allylic oxidation sites excluding steroid dienone is 2. The van der Waals surface area contributed by atoms with E-state index in [1.807, 2.05) is 0 Å². The first-order chi connectivity index (χ1) is 8.24. The Morgan fingerprint density at radius 3 is 2.88 bits per heavy atom. The molecule has 0 aromatic heterocycles. The highest BCUT2D eigenvalue weighted by Gasteiger charge is 2.18. The Kier molecular flexibility index (Phi) is 7.44. The van der Waals surface area contributed by atoms with Gasteiger partial charge in [-0.2, -0.15) is 0 Å². The van der Waals surface area contributed by atoms with E-state index in [-0.39, 0.29) is 6.61 Å². The molecule has 0 saturated heterocycles. The summed E-state index contributed by atoms with van der Waals surface area (Å²) in [5, 5.41) is 21.1. The molecular weight excluding hydrogens is 218 g/mol. The van der Waals surface area contributed by atoms with Crippen LogP contribution >= 0.6 is 0 Å². The lowest BCUT2D eigenvalue weighted by molar-refractivity contribution is 0.0126. The van der Waals surface area contributed by atoms with Crippen molar-refractivity contribution in [2.75, 3.05) is 32.9 Å². The van der Waals surface area contributed by atoms with E-state index in [0.29, 0.717) is 31.5 Å². The zero-order valence-electron chi connectivity index (χ0n) is 10.6. The quantitative estimate of drug-likeness (QED) is 0.430. The molecule has 0 aromatic rings. The van der Waals surface area contributed by atoms with E-state index in [0.717, 1.165) is 19.4 Å². The average molecular weight is 243 g/mol. The summed E-state index contributed by atoms with van der Waals surface area (Å²) in [6.45, 7) is 4.42. The summed E-state index contributed by atoms with van der Waals surface area (Å²) in [6.07, 6.45) is 6.17. The molecule has 0 bridgehead atoms. The number of nitrogens with one attached hydrogen (secondary N) is 1. The summed E-state index contributed by atoms with van der Waals surface area (Å²) in [7, 11) is 0. The molecule has 0 fully saturated rings. The minimum Gasteiger partial charge on any atom is -0.395 e. The van der Waals surface area contributed by atoms with E-state index in [4.69, 9.17) is 9.84 Å². The smallest absolute Gasteiger partial charge is 0.0897 e. The van der Waals surface area contributed by atoms with Gasteiger partial charge in [-0.3, -0.25) is 0 Å². The maximum atomic E-state index is 9.59. The Morgan fingerprint density at radius 2 is 2.18 bits per heavy atom. The molecule has 4 nitrogen and oxygen atoms in total. The van der Waals surface area contributed by atoms with Crippen LogP contribution in [0.25, 0.3) is 0 Å². The van der Waals surface area contributed by atoms with Gasteiger partial charge < -0.3 is 20.3 Å². The molecule has 0 aromatic carbocycles. The monoisotopic (exact) mass is 243 g/mol. The molecule has 0 amide bonds. The summed E-state index contributed by atoms with van der Waals surface area (Å²) in [6, 6.07) is 0. The van der Waals surface area contributed by atoms with Crippen LogP contribution in [0.2, 0.25) is 0 Å². The molecule has 1 rings (SSSR count). The molecule has 1 aliphatic rings. The summed E-state index contributed by atoms with van der Waals surface area (Å²) in [5.41, 5.74) is 0. The second-order valence-corrected chi connectivity index (χ2v) is 4.80. The van der Waals surface area contributed by atoms with Crippen LogP contribution in [0.3, 0.4) is 0 Å². The third kappa shape index (κ3) is 6.17. The van der Waals surface area contributed by atoms with Gasteiger partial charge in [-0.1, -0.05) is 19.1 Å². The lowest BCUT2D eigenvalue weighted by Gasteiger charge is -2.25. The van der Waals surface area contributed by atoms with E-state index in [1.165, 1.54) is 0 Å². The fourth-order valence-corrected chi connectivity index (χ4v) is 2.00. The Hall–Kier alpha value is -0.420. The molecule has 0 aliphatic heterocycles. The molecule has 1 aliphatic carbocycles. The van der Waals surface area contributed by atoms with Gasteiger partial charge >= 0.3 is 0 Å². The third-order valence-corrected chi connectivity index (χ3v) is 3.23. The van der Waals surface area contributed by atoms with Crippen LogP contribution in [0.4, 0.5) is 0 Å². The van der Waals surface area contributed by atoms with Gasteiger partial charge in [0.1, 0.15) is 0 Å². The topological polar surface area (TPSA) is 61.7 Å². The van der Waals surface area contributed by atoms with E-state index < -0.39 is 6.10 Å². The lowest BCUT2D eigenvalue weighted by Crippen LogP contribution is -2.33. The molecule has 0 spiro atoms. The standard InChI is InChI=1S/C13H25NO3/c1-11-4-2-3-5-12(11)9-17-10-13(16)8-14-6-7-15/h2-3,11-16H,4-10H2,1H3. The SMILES string of the molecule is CC1CC=CCC1COCC(O)CNCCO. The molecule has 3 atom stereocenters. The van der Waals surface area contributed by atoms with Crippen molar-refractivity contribution in [3.63, 3.8) is 0 Å². The van der Waals surface area contributed by atoms with Gasteiger partial charge in [-0.25, -0.2) is 0 Å². The van der Waals surface area contributed by atoms with Gasteiger partial charge in [-0.05, 0) is 24.7 Å². The molecule has 3 unspecified atom stereocenters. The normalized spacial score (nSPS) is 26.1. The van der Waals surface area contributed by atoms with Crippen molar-refractivity contribution in [1.29, 1.82) is 0 Å². The molecule has 0 radical (unpaired) electrons. The zero-order chi connectivity index (χ0) is 12.5. The molecular formula is C13H25NO3. The number of aliphatic hydroxyl groups excluding tert-OH is 2. The molecule has 17 heavy (non-hydrogen) atoms. The number of aliphatic hydroxyl groups is 2. The van der Waals surface area contributed by atoms with Gasteiger partial charge in [0, 0.05) is 13.1 Å². The first-order valence-electron chi connectivity index (χ1n) is 6.46. The van der Waals surface area contributed by atoms with Crippen LogP contribution in [-0.4, -0.2) is 49.2 Å². The van der Waals surface area contributed by atoms with Crippen molar-refractivity contribution in [1.82, 2.24) is 5.32 Å². The minimum atomic E-state index is -0.490. The van der Waals surface area contributed by atoms with E-state index >= 15 is 0 Å². The van der Waals surface area contributed by atoms with Crippen LogP contribution < -0.4 is 5.32 Å². The van der Waals surface area contributed by atoms with E-state index in [2.05, 4.69) is 24.4 Å². The maximum Gasteiger partial charge on any atom is 0.0897 e. The number of hydrogen-bond donors (Lipinski definition) is 3. The molecule has 0 saturated carbocycles. The fourth-order valence-electron chi connectivity index (χ4n) is 2.00. The van der Waals surface area contributed by atoms with Crippen molar-refractivity contribution in [3.8, 4) is 0 Å². The minimum absolute atomic E-state index is 0.0967. The third-order valence-electron chi connectivity index (χ3n) is 3.23. The van der Waals surface area contributed by atoms with Crippen molar-refractivity contribution in [3.05, 3.63) is 12.2 Å². The van der Waals surface area contributed by atoms with E-state index in [1.54, 1.807) is 0 Å². The Balaban J connectivity index is 2.04. The van der Waals surface area contributed by atoms with Gasteiger partial charge in [0.05, 0.1) is 25.9 Å². The second kappa shape index (κ2) is 8.64. The summed E-state index contributed by atoms with van der Waals surface area (Å²) < 4.78 is 5.55. The highest BCUT2D eigenvalue weighted by molar-refractivity contribution is 4.93. The van der Waals surface area contributed by atoms with Gasteiger partial charge in [0.15, 0.2) is 0 Å². The van der Waals surface area contributed by atoms with Crippen LogP contribution in [0.1, 0.15) is 19.8 Å². The second-order valence-electron chi connectivity index (χ2n) is 4.80. The lowest BCUT2D eigenvalue weighted by atomic mass is 9.85. The summed E-state index contributed by atoms with van der Waals surface area (Å²) in [5.74, 6) is 1.25. The zero-order valence-corrected chi connectivity index (χ0v) is 10.6. The number of ether oxygens (including phenoxy) is 1. The van der Waals surface area contributed by atoms with Crippen LogP contribution in [0, 0.1) is 11.8 Å². The van der Waals surface area contributed by atoms with Crippen molar-refractivity contribution < 1.29 is 14.9 Å². The number of rotatable bonds is 8. The first kappa shape index (κ1) is 14.6. The predicted octanol–water partition coefficient (Wildman–Crippen LogP) is 0.548. The summed E-state index contributed by atoms with van der Waals surface area (Å²) in [4.78, 5) is 0. The van der Waals surface area contributed by atoms with Crippen LogP contribution in [-0.2, 0) is 4.74 Å². The van der Waals surface area contributed by atoms with Gasteiger partial charge in [-0.15, -0.1) is 0 Å². The fraction of sp³-hybridized carbons (Fsp3) is 0.846. The Morgan fingerprint density at radius 1 is 1.41 bits per heavy atom. The Bertz CT molecular complexity index is 221. The Labute approximate surface area is 104 Å². The van der Waals surface area contributed by atoms with Crippen molar-refractivity contribution >= 4 is 0 Å². The first-order valence-corrected chi connectivity index (χ1v) is 6.46. The predicted molar refractivity (Wildman–Crippen MR) is 67.8 cm³/mol. The number of hydrogen-bond acceptors (Lipinski definition) is 4. The highest BCUT2D eigenvalue weighted by atomic mass is 16.5. The van der Waals surface area contributed by atoms with Gasteiger partial charge in [0.2, 0.25) is 0 Å². The average Bonchev–Trinajstić information content (AvgIpc) is 2.32. The largest absolute Gasteiger partial charge is 0.395 e. The maximum absolute atomic E-state index is 9.59.